The predicted octanol–water partition coefficient (Wildman–Crippen LogP) is 3.18. The van der Waals surface area contributed by atoms with Crippen molar-refractivity contribution in [3.63, 3.8) is 0 Å². The van der Waals surface area contributed by atoms with Gasteiger partial charge in [-0.2, -0.15) is 0 Å². The second-order valence-electron chi connectivity index (χ2n) is 3.39. The molecule has 2 heteroatoms. The SMILES string of the molecule is C#Cc1ccc(-c2ccc(O)cc2)cc1F. The normalized spacial score (nSPS) is 9.75. The topological polar surface area (TPSA) is 20.2 Å². The molecule has 0 aliphatic rings. The Hall–Kier alpha value is -2.27. The van der Waals surface area contributed by atoms with Crippen molar-refractivity contribution in [2.24, 2.45) is 0 Å². The standard InChI is InChI=1S/C14H9FO/c1-2-10-3-4-12(9-14(10)15)11-5-7-13(16)8-6-11/h1,3-9,16H. The maximum absolute atomic E-state index is 13.4. The van der Waals surface area contributed by atoms with Crippen LogP contribution in [0.25, 0.3) is 11.1 Å². The fourth-order valence-corrected chi connectivity index (χ4v) is 1.47. The number of rotatable bonds is 1. The minimum Gasteiger partial charge on any atom is -0.508 e. The lowest BCUT2D eigenvalue weighted by Crippen LogP contribution is -1.85. The van der Waals surface area contributed by atoms with Crippen LogP contribution in [-0.2, 0) is 0 Å². The van der Waals surface area contributed by atoms with Gasteiger partial charge in [0.15, 0.2) is 0 Å². The Morgan fingerprint density at radius 3 is 2.19 bits per heavy atom. The van der Waals surface area contributed by atoms with Gasteiger partial charge in [-0.1, -0.05) is 24.1 Å². The fraction of sp³-hybridized carbons (Fsp3) is 0. The van der Waals surface area contributed by atoms with E-state index in [0.29, 0.717) is 0 Å². The third kappa shape index (κ3) is 1.89. The lowest BCUT2D eigenvalue weighted by Gasteiger charge is -2.03. The Morgan fingerprint density at radius 1 is 1.00 bits per heavy atom. The van der Waals surface area contributed by atoms with Gasteiger partial charge in [-0.25, -0.2) is 4.39 Å². The van der Waals surface area contributed by atoms with E-state index in [1.165, 1.54) is 6.07 Å². The van der Waals surface area contributed by atoms with Gasteiger partial charge in [0.1, 0.15) is 11.6 Å². The second kappa shape index (κ2) is 4.08. The first-order chi connectivity index (χ1) is 7.70. The first-order valence-electron chi connectivity index (χ1n) is 4.76. The van der Waals surface area contributed by atoms with Gasteiger partial charge in [0.25, 0.3) is 0 Å². The first-order valence-corrected chi connectivity index (χ1v) is 4.76. The summed E-state index contributed by atoms with van der Waals surface area (Å²) in [5.41, 5.74) is 1.82. The van der Waals surface area contributed by atoms with E-state index in [1.807, 2.05) is 0 Å². The van der Waals surface area contributed by atoms with Crippen molar-refractivity contribution in [2.75, 3.05) is 0 Å². The Labute approximate surface area is 93.2 Å². The smallest absolute Gasteiger partial charge is 0.139 e. The molecule has 0 saturated heterocycles. The Morgan fingerprint density at radius 2 is 1.62 bits per heavy atom. The lowest BCUT2D eigenvalue weighted by atomic mass is 10.0. The molecule has 0 heterocycles. The van der Waals surface area contributed by atoms with Gasteiger partial charge in [0.05, 0.1) is 5.56 Å². The van der Waals surface area contributed by atoms with E-state index >= 15 is 0 Å². The van der Waals surface area contributed by atoms with Crippen LogP contribution in [0, 0.1) is 18.2 Å². The largest absolute Gasteiger partial charge is 0.508 e. The van der Waals surface area contributed by atoms with Crippen LogP contribution in [0.5, 0.6) is 5.75 Å². The van der Waals surface area contributed by atoms with Gasteiger partial charge in [-0.15, -0.1) is 6.42 Å². The van der Waals surface area contributed by atoms with E-state index in [2.05, 4.69) is 5.92 Å². The first kappa shape index (κ1) is 10.3. The molecule has 1 nitrogen and oxygen atoms in total. The number of phenols is 1. The summed E-state index contributed by atoms with van der Waals surface area (Å²) in [6, 6.07) is 11.3. The van der Waals surface area contributed by atoms with Crippen LogP contribution in [0.3, 0.4) is 0 Å². The Bertz CT molecular complexity index is 550. The summed E-state index contributed by atoms with van der Waals surface area (Å²) in [4.78, 5) is 0. The number of terminal acetylenes is 1. The number of halogens is 1. The molecule has 2 aromatic carbocycles. The molecular weight excluding hydrogens is 203 g/mol. The molecule has 2 aromatic rings. The molecule has 0 aliphatic carbocycles. The van der Waals surface area contributed by atoms with Crippen molar-refractivity contribution in [2.45, 2.75) is 0 Å². The zero-order valence-electron chi connectivity index (χ0n) is 8.44. The fourth-order valence-electron chi connectivity index (χ4n) is 1.47. The highest BCUT2D eigenvalue weighted by Gasteiger charge is 2.03. The summed E-state index contributed by atoms with van der Waals surface area (Å²) < 4.78 is 13.4. The molecular formula is C14H9FO. The molecule has 0 aliphatic heterocycles. The number of aromatic hydroxyl groups is 1. The molecule has 1 N–H and O–H groups in total. The van der Waals surface area contributed by atoms with E-state index in [-0.39, 0.29) is 11.3 Å². The zero-order valence-corrected chi connectivity index (χ0v) is 8.44. The summed E-state index contributed by atoms with van der Waals surface area (Å²) in [7, 11) is 0. The average Bonchev–Trinajstić information content (AvgIpc) is 2.30. The van der Waals surface area contributed by atoms with Crippen molar-refractivity contribution in [1.82, 2.24) is 0 Å². The lowest BCUT2D eigenvalue weighted by molar-refractivity contribution is 0.475. The molecule has 0 unspecified atom stereocenters. The molecule has 0 radical (unpaired) electrons. The maximum Gasteiger partial charge on any atom is 0.139 e. The zero-order chi connectivity index (χ0) is 11.5. The second-order valence-corrected chi connectivity index (χ2v) is 3.39. The summed E-state index contributed by atoms with van der Waals surface area (Å²) in [6.07, 6.45) is 5.14. The van der Waals surface area contributed by atoms with Crippen LogP contribution in [-0.4, -0.2) is 5.11 Å². The predicted molar refractivity (Wildman–Crippen MR) is 61.4 cm³/mol. The van der Waals surface area contributed by atoms with Crippen LogP contribution in [0.15, 0.2) is 42.5 Å². The highest BCUT2D eigenvalue weighted by Crippen LogP contribution is 2.23. The van der Waals surface area contributed by atoms with Crippen molar-refractivity contribution < 1.29 is 9.50 Å². The summed E-state index contributed by atoms with van der Waals surface area (Å²) >= 11 is 0. The van der Waals surface area contributed by atoms with Gasteiger partial charge in [0.2, 0.25) is 0 Å². The quantitative estimate of drug-likeness (QED) is 0.720. The molecule has 0 fully saturated rings. The molecule has 0 atom stereocenters. The molecule has 0 spiro atoms. The highest BCUT2D eigenvalue weighted by atomic mass is 19.1. The monoisotopic (exact) mass is 212 g/mol. The molecule has 0 aromatic heterocycles. The van der Waals surface area contributed by atoms with E-state index in [0.717, 1.165) is 11.1 Å². The van der Waals surface area contributed by atoms with Crippen molar-refractivity contribution in [1.29, 1.82) is 0 Å². The van der Waals surface area contributed by atoms with Crippen LogP contribution in [0.4, 0.5) is 4.39 Å². The van der Waals surface area contributed by atoms with E-state index in [1.54, 1.807) is 36.4 Å². The van der Waals surface area contributed by atoms with E-state index in [9.17, 15) is 4.39 Å². The minimum atomic E-state index is -0.409. The van der Waals surface area contributed by atoms with Crippen molar-refractivity contribution >= 4 is 0 Å². The minimum absolute atomic E-state index is 0.185. The third-order valence-electron chi connectivity index (χ3n) is 2.33. The Balaban J connectivity index is 2.46. The maximum atomic E-state index is 13.4. The number of hydrogen-bond donors (Lipinski definition) is 1. The van der Waals surface area contributed by atoms with E-state index < -0.39 is 5.82 Å². The van der Waals surface area contributed by atoms with Crippen LogP contribution in [0.1, 0.15) is 5.56 Å². The van der Waals surface area contributed by atoms with Gasteiger partial charge in [0, 0.05) is 0 Å². The summed E-state index contributed by atoms with van der Waals surface area (Å²) in [6.45, 7) is 0. The molecule has 78 valence electrons. The van der Waals surface area contributed by atoms with Gasteiger partial charge in [-0.3, -0.25) is 0 Å². The van der Waals surface area contributed by atoms with Gasteiger partial charge in [-0.05, 0) is 35.4 Å². The summed E-state index contributed by atoms with van der Waals surface area (Å²) in [5, 5.41) is 9.14. The molecule has 0 amide bonds. The number of benzene rings is 2. The van der Waals surface area contributed by atoms with Gasteiger partial charge < -0.3 is 5.11 Å². The van der Waals surface area contributed by atoms with Crippen LogP contribution < -0.4 is 0 Å². The van der Waals surface area contributed by atoms with E-state index in [4.69, 9.17) is 11.5 Å². The molecule has 0 saturated carbocycles. The van der Waals surface area contributed by atoms with Crippen molar-refractivity contribution in [3.05, 3.63) is 53.8 Å². The number of hydrogen-bond acceptors (Lipinski definition) is 1. The molecule has 16 heavy (non-hydrogen) atoms. The average molecular weight is 212 g/mol. The molecule has 0 bridgehead atoms. The van der Waals surface area contributed by atoms with Crippen molar-refractivity contribution in [3.8, 4) is 29.2 Å². The summed E-state index contributed by atoms with van der Waals surface area (Å²) in [5.74, 6) is 2.04. The third-order valence-corrected chi connectivity index (χ3v) is 2.33. The highest BCUT2D eigenvalue weighted by molar-refractivity contribution is 5.65. The van der Waals surface area contributed by atoms with Gasteiger partial charge >= 0.3 is 0 Å². The molecule has 2 rings (SSSR count). The van der Waals surface area contributed by atoms with Crippen LogP contribution in [0.2, 0.25) is 0 Å². The van der Waals surface area contributed by atoms with Crippen LogP contribution >= 0.6 is 0 Å². The number of phenolic OH excluding ortho intramolecular Hbond substituents is 1. The Kier molecular flexibility index (Phi) is 2.61.